The Morgan fingerprint density at radius 1 is 0.414 bits per heavy atom. The van der Waals surface area contributed by atoms with Crippen molar-refractivity contribution < 1.29 is 4.42 Å². The standard InChI is InChI=1S/C52H31N5O/c1-2-11-35-30-38(20-19-32(35)9-1)51-54-50(55-52(56-51)44-16-8-18-46-48(44)43-27-28-53-31-47(43)58-46)37-13-7-12-36(29-37)33-21-24-39(25-22-33)57-45-17-6-5-15-41(45)42-26-23-34-10-3-4-14-40(34)49(42)57/h1-31H. The molecule has 0 spiro atoms. The first-order chi connectivity index (χ1) is 28.7. The maximum atomic E-state index is 6.22. The van der Waals surface area contributed by atoms with Crippen molar-refractivity contribution in [2.45, 2.75) is 0 Å². The molecule has 0 radical (unpaired) electrons. The van der Waals surface area contributed by atoms with E-state index in [1.165, 1.54) is 32.6 Å². The van der Waals surface area contributed by atoms with Gasteiger partial charge in [-0.15, -0.1) is 0 Å². The lowest BCUT2D eigenvalue weighted by atomic mass is 10.0. The topological polar surface area (TPSA) is 69.6 Å². The smallest absolute Gasteiger partial charge is 0.164 e. The third-order valence-electron chi connectivity index (χ3n) is 11.3. The third kappa shape index (κ3) is 5.12. The number of hydrogen-bond donors (Lipinski definition) is 0. The Morgan fingerprint density at radius 3 is 1.98 bits per heavy atom. The van der Waals surface area contributed by atoms with Crippen molar-refractivity contribution in [1.82, 2.24) is 24.5 Å². The molecule has 0 N–H and O–H groups in total. The van der Waals surface area contributed by atoms with Crippen molar-refractivity contribution >= 4 is 65.3 Å². The van der Waals surface area contributed by atoms with Gasteiger partial charge >= 0.3 is 0 Å². The lowest BCUT2D eigenvalue weighted by Crippen LogP contribution is -2.00. The summed E-state index contributed by atoms with van der Waals surface area (Å²) in [4.78, 5) is 19.8. The Kier molecular flexibility index (Phi) is 7.13. The number of aromatic nitrogens is 5. The van der Waals surface area contributed by atoms with Gasteiger partial charge in [-0.1, -0.05) is 133 Å². The molecule has 12 aromatic rings. The molecule has 0 fully saturated rings. The molecule has 270 valence electrons. The molecule has 4 aromatic heterocycles. The Balaban J connectivity index is 0.996. The number of furan rings is 1. The van der Waals surface area contributed by atoms with Crippen LogP contribution < -0.4 is 0 Å². The maximum absolute atomic E-state index is 6.22. The van der Waals surface area contributed by atoms with Crippen LogP contribution in [0, 0.1) is 0 Å². The predicted molar refractivity (Wildman–Crippen MR) is 236 cm³/mol. The van der Waals surface area contributed by atoms with Crippen LogP contribution >= 0.6 is 0 Å². The molecule has 0 aliphatic heterocycles. The zero-order chi connectivity index (χ0) is 38.2. The first kappa shape index (κ1) is 32.3. The first-order valence-electron chi connectivity index (χ1n) is 19.4. The highest BCUT2D eigenvalue weighted by molar-refractivity contribution is 6.18. The monoisotopic (exact) mass is 741 g/mol. The molecular formula is C52H31N5O. The van der Waals surface area contributed by atoms with E-state index < -0.39 is 0 Å². The molecule has 6 heteroatoms. The first-order valence-corrected chi connectivity index (χ1v) is 19.4. The van der Waals surface area contributed by atoms with E-state index in [9.17, 15) is 0 Å². The minimum atomic E-state index is 0.576. The number of nitrogens with zero attached hydrogens (tertiary/aromatic N) is 5. The quantitative estimate of drug-likeness (QED) is 0.176. The van der Waals surface area contributed by atoms with Crippen molar-refractivity contribution in [2.75, 3.05) is 0 Å². The van der Waals surface area contributed by atoms with Gasteiger partial charge in [0.15, 0.2) is 23.1 Å². The van der Waals surface area contributed by atoms with Crippen LogP contribution in [-0.4, -0.2) is 24.5 Å². The summed E-state index contributed by atoms with van der Waals surface area (Å²) >= 11 is 0. The molecule has 58 heavy (non-hydrogen) atoms. The number of fused-ring (bicyclic) bond motifs is 9. The third-order valence-corrected chi connectivity index (χ3v) is 11.3. The van der Waals surface area contributed by atoms with Crippen LogP contribution in [0.15, 0.2) is 193 Å². The highest BCUT2D eigenvalue weighted by Gasteiger charge is 2.19. The molecule has 0 bridgehead atoms. The summed E-state index contributed by atoms with van der Waals surface area (Å²) in [6, 6.07) is 61.8. The molecule has 0 amide bonds. The van der Waals surface area contributed by atoms with Gasteiger partial charge in [-0.3, -0.25) is 4.98 Å². The van der Waals surface area contributed by atoms with Crippen LogP contribution in [0.5, 0.6) is 0 Å². The number of rotatable bonds is 5. The van der Waals surface area contributed by atoms with Gasteiger partial charge < -0.3 is 8.98 Å². The zero-order valence-corrected chi connectivity index (χ0v) is 31.0. The molecule has 8 aromatic carbocycles. The predicted octanol–water partition coefficient (Wildman–Crippen LogP) is 13.2. The minimum absolute atomic E-state index is 0.576. The SMILES string of the molecule is c1cc(-c2ccc(-n3c4ccccc4c4ccc5ccccc5c43)cc2)cc(-c2nc(-c3ccc4ccccc4c3)nc(-c3cccc4oc5cnccc5c34)n2)c1. The summed E-state index contributed by atoms with van der Waals surface area (Å²) in [6.45, 7) is 0. The highest BCUT2D eigenvalue weighted by Crippen LogP contribution is 2.39. The van der Waals surface area contributed by atoms with Crippen LogP contribution in [0.3, 0.4) is 0 Å². The number of pyridine rings is 1. The van der Waals surface area contributed by atoms with Gasteiger partial charge in [0.25, 0.3) is 0 Å². The van der Waals surface area contributed by atoms with E-state index in [-0.39, 0.29) is 0 Å². The molecule has 4 heterocycles. The minimum Gasteiger partial charge on any atom is -0.454 e. The van der Waals surface area contributed by atoms with Crippen molar-refractivity contribution in [3.05, 3.63) is 188 Å². The van der Waals surface area contributed by atoms with Crippen molar-refractivity contribution in [3.8, 4) is 51.0 Å². The summed E-state index contributed by atoms with van der Waals surface area (Å²) < 4.78 is 8.61. The van der Waals surface area contributed by atoms with Crippen LogP contribution in [0.1, 0.15) is 0 Å². The Bertz CT molecular complexity index is 3580. The summed E-state index contributed by atoms with van der Waals surface area (Å²) in [7, 11) is 0. The van der Waals surface area contributed by atoms with Gasteiger partial charge in [0.05, 0.1) is 17.2 Å². The van der Waals surface area contributed by atoms with Gasteiger partial charge in [0.2, 0.25) is 0 Å². The fourth-order valence-electron chi connectivity index (χ4n) is 8.59. The van der Waals surface area contributed by atoms with E-state index in [1.54, 1.807) is 12.4 Å². The van der Waals surface area contributed by atoms with E-state index in [4.69, 9.17) is 19.4 Å². The maximum Gasteiger partial charge on any atom is 0.164 e. The lowest BCUT2D eigenvalue weighted by molar-refractivity contribution is 0.667. The average molecular weight is 742 g/mol. The molecule has 12 rings (SSSR count). The summed E-state index contributed by atoms with van der Waals surface area (Å²) in [5.41, 5.74) is 9.86. The van der Waals surface area contributed by atoms with Crippen molar-refractivity contribution in [2.24, 2.45) is 0 Å². The average Bonchev–Trinajstić information content (AvgIpc) is 3.85. The van der Waals surface area contributed by atoms with Crippen LogP contribution in [0.2, 0.25) is 0 Å². The summed E-state index contributed by atoms with van der Waals surface area (Å²) in [6.07, 6.45) is 3.54. The van der Waals surface area contributed by atoms with E-state index in [1.807, 2.05) is 18.2 Å². The van der Waals surface area contributed by atoms with Crippen LogP contribution in [0.4, 0.5) is 0 Å². The Labute approximate surface area is 332 Å². The molecule has 0 saturated heterocycles. The van der Waals surface area contributed by atoms with E-state index in [2.05, 4.69) is 167 Å². The molecule has 0 saturated carbocycles. The van der Waals surface area contributed by atoms with E-state index >= 15 is 0 Å². The second kappa shape index (κ2) is 12.8. The Morgan fingerprint density at radius 2 is 1.10 bits per heavy atom. The fraction of sp³-hybridized carbons (Fsp3) is 0. The normalized spacial score (nSPS) is 11.8. The van der Waals surface area contributed by atoms with E-state index in [0.717, 1.165) is 66.2 Å². The number of para-hydroxylation sites is 1. The van der Waals surface area contributed by atoms with Crippen molar-refractivity contribution in [3.63, 3.8) is 0 Å². The Hall–Kier alpha value is -7.96. The van der Waals surface area contributed by atoms with Gasteiger partial charge in [-0.2, -0.15) is 0 Å². The molecule has 0 aliphatic rings. The fourth-order valence-corrected chi connectivity index (χ4v) is 8.59. The van der Waals surface area contributed by atoms with Gasteiger partial charge in [0, 0.05) is 55.5 Å². The lowest BCUT2D eigenvalue weighted by Gasteiger charge is -2.12. The number of hydrogen-bond acceptors (Lipinski definition) is 5. The van der Waals surface area contributed by atoms with Gasteiger partial charge in [0.1, 0.15) is 5.58 Å². The van der Waals surface area contributed by atoms with Gasteiger partial charge in [-0.05, 0) is 69.8 Å². The second-order valence-corrected chi connectivity index (χ2v) is 14.7. The zero-order valence-electron chi connectivity index (χ0n) is 31.0. The van der Waals surface area contributed by atoms with Crippen LogP contribution in [0.25, 0.3) is 116 Å². The summed E-state index contributed by atoms with van der Waals surface area (Å²) in [5.74, 6) is 1.77. The van der Waals surface area contributed by atoms with Crippen molar-refractivity contribution in [1.29, 1.82) is 0 Å². The van der Waals surface area contributed by atoms with Gasteiger partial charge in [-0.25, -0.2) is 15.0 Å². The molecule has 0 unspecified atom stereocenters. The molecule has 0 atom stereocenters. The van der Waals surface area contributed by atoms with E-state index in [0.29, 0.717) is 17.5 Å². The van der Waals surface area contributed by atoms with Crippen LogP contribution in [-0.2, 0) is 0 Å². The second-order valence-electron chi connectivity index (χ2n) is 14.7. The molecular weight excluding hydrogens is 711 g/mol. The summed E-state index contributed by atoms with van der Waals surface area (Å²) in [5, 5.41) is 9.16. The highest BCUT2D eigenvalue weighted by atomic mass is 16.3. The largest absolute Gasteiger partial charge is 0.454 e. The number of benzene rings is 8. The molecule has 6 nitrogen and oxygen atoms in total. The molecule has 0 aliphatic carbocycles.